The molecule has 0 spiro atoms. The maximum Gasteiger partial charge on any atom is 0.307 e. The van der Waals surface area contributed by atoms with Gasteiger partial charge in [-0.15, -0.1) is 0 Å². The quantitative estimate of drug-likeness (QED) is 0.780. The zero-order valence-electron chi connectivity index (χ0n) is 9.13. The number of nitrogens with one attached hydrogen (secondary N) is 1. The molecule has 1 heterocycles. The fourth-order valence-corrected chi connectivity index (χ4v) is 1.98. The summed E-state index contributed by atoms with van der Waals surface area (Å²) in [5.41, 5.74) is 1.50. The van der Waals surface area contributed by atoms with Crippen LogP contribution in [0.15, 0.2) is 18.2 Å². The Morgan fingerprint density at radius 1 is 1.62 bits per heavy atom. The summed E-state index contributed by atoms with van der Waals surface area (Å²) < 4.78 is 18.1. The van der Waals surface area contributed by atoms with Crippen LogP contribution in [0.5, 0.6) is 0 Å². The number of methoxy groups -OCH3 is 1. The Hall–Kier alpha value is -1.58. The molecule has 0 bridgehead atoms. The van der Waals surface area contributed by atoms with Crippen LogP contribution in [-0.2, 0) is 16.0 Å². The molecule has 1 aromatic carbocycles. The number of carbonyl (C=O) groups is 1. The molecule has 0 radical (unpaired) electrons. The third kappa shape index (κ3) is 2.15. The van der Waals surface area contributed by atoms with E-state index in [4.69, 9.17) is 0 Å². The summed E-state index contributed by atoms with van der Waals surface area (Å²) in [5, 5.41) is 3.05. The summed E-state index contributed by atoms with van der Waals surface area (Å²) >= 11 is 0. The largest absolute Gasteiger partial charge is 0.469 e. The molecule has 1 aliphatic rings. The van der Waals surface area contributed by atoms with E-state index in [9.17, 15) is 9.18 Å². The number of carbonyl (C=O) groups excluding carboxylic acids is 1. The van der Waals surface area contributed by atoms with Gasteiger partial charge in [-0.25, -0.2) is 4.39 Å². The van der Waals surface area contributed by atoms with Crippen LogP contribution in [0.4, 0.5) is 10.1 Å². The first-order valence-corrected chi connectivity index (χ1v) is 5.31. The molecule has 86 valence electrons. The number of hydrogen-bond acceptors (Lipinski definition) is 3. The second-order valence-electron chi connectivity index (χ2n) is 3.93. The van der Waals surface area contributed by atoms with Crippen molar-refractivity contribution in [2.45, 2.75) is 25.3 Å². The summed E-state index contributed by atoms with van der Waals surface area (Å²) in [7, 11) is 1.36. The number of anilines is 1. The number of ether oxygens (including phenoxy) is 1. The normalized spacial score (nSPS) is 18.5. The zero-order chi connectivity index (χ0) is 11.5. The van der Waals surface area contributed by atoms with Gasteiger partial charge in [-0.3, -0.25) is 4.79 Å². The number of esters is 1. The monoisotopic (exact) mass is 223 g/mol. The number of hydrogen-bond donors (Lipinski definition) is 1. The van der Waals surface area contributed by atoms with Crippen LogP contribution in [0, 0.1) is 5.82 Å². The number of rotatable bonds is 2. The summed E-state index contributed by atoms with van der Waals surface area (Å²) in [5.74, 6) is -0.524. The van der Waals surface area contributed by atoms with Crippen LogP contribution in [0.1, 0.15) is 18.4 Å². The van der Waals surface area contributed by atoms with Gasteiger partial charge in [0.15, 0.2) is 0 Å². The molecule has 0 amide bonds. The molecule has 3 nitrogen and oxygen atoms in total. The zero-order valence-corrected chi connectivity index (χ0v) is 9.13. The number of benzene rings is 1. The van der Waals surface area contributed by atoms with Crippen LogP contribution in [-0.4, -0.2) is 19.1 Å². The molecule has 4 heteroatoms. The Labute approximate surface area is 93.6 Å². The summed E-state index contributed by atoms with van der Waals surface area (Å²) in [6.45, 7) is 0. The van der Waals surface area contributed by atoms with Crippen molar-refractivity contribution < 1.29 is 13.9 Å². The van der Waals surface area contributed by atoms with E-state index in [-0.39, 0.29) is 24.2 Å². The van der Waals surface area contributed by atoms with Gasteiger partial charge >= 0.3 is 5.97 Å². The van der Waals surface area contributed by atoms with Gasteiger partial charge in [-0.1, -0.05) is 12.1 Å². The molecule has 0 aromatic heterocycles. The average molecular weight is 223 g/mol. The Balaban J connectivity index is 2.11. The minimum atomic E-state index is -0.266. The highest BCUT2D eigenvalue weighted by Gasteiger charge is 2.22. The minimum absolute atomic E-state index is 0.0307. The van der Waals surface area contributed by atoms with Crippen molar-refractivity contribution in [3.05, 3.63) is 29.6 Å². The molecule has 1 aliphatic heterocycles. The van der Waals surface area contributed by atoms with E-state index in [1.807, 2.05) is 6.07 Å². The molecular formula is C12H14FNO2. The summed E-state index contributed by atoms with van der Waals surface area (Å²) in [6.07, 6.45) is 1.90. The van der Waals surface area contributed by atoms with E-state index >= 15 is 0 Å². The van der Waals surface area contributed by atoms with Gasteiger partial charge in [0, 0.05) is 6.04 Å². The predicted molar refractivity (Wildman–Crippen MR) is 58.8 cm³/mol. The van der Waals surface area contributed by atoms with Crippen LogP contribution in [0.3, 0.4) is 0 Å². The molecule has 1 unspecified atom stereocenters. The molecule has 1 N–H and O–H groups in total. The molecule has 0 fully saturated rings. The van der Waals surface area contributed by atoms with Crippen LogP contribution >= 0.6 is 0 Å². The van der Waals surface area contributed by atoms with Crippen molar-refractivity contribution in [3.63, 3.8) is 0 Å². The van der Waals surface area contributed by atoms with Gasteiger partial charge < -0.3 is 10.1 Å². The van der Waals surface area contributed by atoms with Gasteiger partial charge in [0.1, 0.15) is 5.82 Å². The van der Waals surface area contributed by atoms with Gasteiger partial charge in [0.25, 0.3) is 0 Å². The third-order valence-electron chi connectivity index (χ3n) is 2.85. The van der Waals surface area contributed by atoms with E-state index in [0.29, 0.717) is 5.69 Å². The number of para-hydroxylation sites is 1. The fraction of sp³-hybridized carbons (Fsp3) is 0.417. The van der Waals surface area contributed by atoms with E-state index in [1.165, 1.54) is 13.2 Å². The molecule has 16 heavy (non-hydrogen) atoms. The first-order chi connectivity index (χ1) is 7.70. The maximum absolute atomic E-state index is 13.5. The van der Waals surface area contributed by atoms with Crippen molar-refractivity contribution >= 4 is 11.7 Å². The Kier molecular flexibility index (Phi) is 3.08. The topological polar surface area (TPSA) is 38.3 Å². The smallest absolute Gasteiger partial charge is 0.307 e. The predicted octanol–water partition coefficient (Wildman–Crippen LogP) is 2.12. The Morgan fingerprint density at radius 3 is 3.19 bits per heavy atom. The van der Waals surface area contributed by atoms with Gasteiger partial charge in [-0.05, 0) is 24.5 Å². The first-order valence-electron chi connectivity index (χ1n) is 5.31. The number of aryl methyl sites for hydroxylation is 1. The van der Waals surface area contributed by atoms with Crippen LogP contribution < -0.4 is 5.32 Å². The minimum Gasteiger partial charge on any atom is -0.469 e. The van der Waals surface area contributed by atoms with Gasteiger partial charge in [-0.2, -0.15) is 0 Å². The van der Waals surface area contributed by atoms with E-state index < -0.39 is 0 Å². The lowest BCUT2D eigenvalue weighted by atomic mass is 9.96. The highest BCUT2D eigenvalue weighted by atomic mass is 19.1. The van der Waals surface area contributed by atoms with Crippen LogP contribution in [0.25, 0.3) is 0 Å². The van der Waals surface area contributed by atoms with E-state index in [2.05, 4.69) is 10.1 Å². The molecule has 0 saturated carbocycles. The molecule has 0 aliphatic carbocycles. The summed E-state index contributed by atoms with van der Waals surface area (Å²) in [6, 6.07) is 5.00. The molecule has 2 rings (SSSR count). The van der Waals surface area contributed by atoms with Crippen molar-refractivity contribution in [3.8, 4) is 0 Å². The highest BCUT2D eigenvalue weighted by molar-refractivity contribution is 5.71. The lowest BCUT2D eigenvalue weighted by Crippen LogP contribution is -2.29. The van der Waals surface area contributed by atoms with Crippen molar-refractivity contribution in [2.24, 2.45) is 0 Å². The second-order valence-corrected chi connectivity index (χ2v) is 3.93. The average Bonchev–Trinajstić information content (AvgIpc) is 2.30. The number of fused-ring (bicyclic) bond motifs is 1. The fourth-order valence-electron chi connectivity index (χ4n) is 1.98. The lowest BCUT2D eigenvalue weighted by molar-refractivity contribution is -0.140. The van der Waals surface area contributed by atoms with E-state index in [0.717, 1.165) is 18.4 Å². The highest BCUT2D eigenvalue weighted by Crippen LogP contribution is 2.28. The van der Waals surface area contributed by atoms with Crippen molar-refractivity contribution in [1.29, 1.82) is 0 Å². The van der Waals surface area contributed by atoms with Crippen molar-refractivity contribution in [2.75, 3.05) is 12.4 Å². The van der Waals surface area contributed by atoms with E-state index in [1.54, 1.807) is 6.07 Å². The maximum atomic E-state index is 13.5. The summed E-state index contributed by atoms with van der Waals surface area (Å²) in [4.78, 5) is 11.1. The molecular weight excluding hydrogens is 209 g/mol. The number of halogens is 1. The molecule has 1 aromatic rings. The van der Waals surface area contributed by atoms with Crippen molar-refractivity contribution in [1.82, 2.24) is 0 Å². The molecule has 0 saturated heterocycles. The molecule has 1 atom stereocenters. The first kappa shape index (κ1) is 10.9. The lowest BCUT2D eigenvalue weighted by Gasteiger charge is -2.26. The van der Waals surface area contributed by atoms with Gasteiger partial charge in [0.2, 0.25) is 0 Å². The Morgan fingerprint density at radius 2 is 2.44 bits per heavy atom. The SMILES string of the molecule is COC(=O)CC1CCc2cccc(F)c2N1. The third-order valence-corrected chi connectivity index (χ3v) is 2.85. The Bertz CT molecular complexity index is 406. The van der Waals surface area contributed by atoms with Crippen LogP contribution in [0.2, 0.25) is 0 Å². The standard InChI is InChI=1S/C12H14FNO2/c1-16-11(15)7-9-6-5-8-3-2-4-10(13)12(8)14-9/h2-4,9,14H,5-7H2,1H3. The van der Waals surface area contributed by atoms with Gasteiger partial charge in [0.05, 0.1) is 19.2 Å². The second kappa shape index (κ2) is 4.51.